The van der Waals surface area contributed by atoms with Gasteiger partial charge >= 0.3 is 0 Å². The molecule has 1 aromatic rings. The first-order valence-electron chi connectivity index (χ1n) is 7.19. The lowest BCUT2D eigenvalue weighted by molar-refractivity contribution is 0.0266. The third kappa shape index (κ3) is 3.51. The molecule has 20 heavy (non-hydrogen) atoms. The number of para-hydroxylation sites is 1. The van der Waals surface area contributed by atoms with Crippen LogP contribution in [0.5, 0.6) is 5.75 Å². The Morgan fingerprint density at radius 2 is 2.10 bits per heavy atom. The van der Waals surface area contributed by atoms with Gasteiger partial charge in [-0.2, -0.15) is 0 Å². The molecule has 110 valence electrons. The van der Waals surface area contributed by atoms with Crippen molar-refractivity contribution in [3.05, 3.63) is 29.8 Å². The average Bonchev–Trinajstić information content (AvgIpc) is 2.46. The van der Waals surface area contributed by atoms with Crippen molar-refractivity contribution < 1.29 is 14.3 Å². The summed E-state index contributed by atoms with van der Waals surface area (Å²) in [4.78, 5) is 14.5. The van der Waals surface area contributed by atoms with Crippen molar-refractivity contribution in [2.45, 2.75) is 38.9 Å². The van der Waals surface area contributed by atoms with E-state index < -0.39 is 0 Å². The highest BCUT2D eigenvalue weighted by Crippen LogP contribution is 2.23. The molecule has 0 radical (unpaired) electrons. The maximum absolute atomic E-state index is 12.7. The van der Waals surface area contributed by atoms with Gasteiger partial charge in [-0.05, 0) is 38.8 Å². The lowest BCUT2D eigenvalue weighted by atomic mass is 10.1. The Morgan fingerprint density at radius 1 is 1.35 bits per heavy atom. The van der Waals surface area contributed by atoms with Gasteiger partial charge in [-0.3, -0.25) is 4.79 Å². The molecule has 4 nitrogen and oxygen atoms in total. The zero-order chi connectivity index (χ0) is 14.5. The van der Waals surface area contributed by atoms with Crippen LogP contribution in [0.2, 0.25) is 0 Å². The molecule has 1 atom stereocenters. The fourth-order valence-corrected chi connectivity index (χ4v) is 2.49. The molecule has 1 aliphatic rings. The van der Waals surface area contributed by atoms with Crippen LogP contribution in [0.15, 0.2) is 24.3 Å². The van der Waals surface area contributed by atoms with E-state index in [2.05, 4.69) is 0 Å². The Morgan fingerprint density at radius 3 is 2.80 bits per heavy atom. The fraction of sp³-hybridized carbons (Fsp3) is 0.562. The lowest BCUT2D eigenvalue weighted by Gasteiger charge is -2.32. The molecule has 0 spiro atoms. The van der Waals surface area contributed by atoms with Crippen molar-refractivity contribution in [1.29, 1.82) is 0 Å². The monoisotopic (exact) mass is 277 g/mol. The summed E-state index contributed by atoms with van der Waals surface area (Å²) in [6, 6.07) is 7.45. The third-order valence-corrected chi connectivity index (χ3v) is 3.48. The summed E-state index contributed by atoms with van der Waals surface area (Å²) >= 11 is 0. The van der Waals surface area contributed by atoms with Crippen LogP contribution in [-0.4, -0.2) is 43.2 Å². The number of hydrogen-bond acceptors (Lipinski definition) is 3. The van der Waals surface area contributed by atoms with E-state index in [-0.39, 0.29) is 18.1 Å². The van der Waals surface area contributed by atoms with Crippen LogP contribution in [-0.2, 0) is 4.74 Å². The minimum absolute atomic E-state index is 0.0306. The van der Waals surface area contributed by atoms with E-state index >= 15 is 0 Å². The van der Waals surface area contributed by atoms with Gasteiger partial charge in [0.2, 0.25) is 0 Å². The minimum atomic E-state index is 0.0306. The van der Waals surface area contributed by atoms with Gasteiger partial charge in [0, 0.05) is 20.2 Å². The number of carbonyl (C=O) groups is 1. The third-order valence-electron chi connectivity index (χ3n) is 3.48. The minimum Gasteiger partial charge on any atom is -0.490 e. The standard InChI is InChI=1S/C16H23NO3/c1-12(2)20-15-9-5-4-8-14(15)16(18)17-10-6-7-13(11-17)19-3/h4-5,8-9,12-13H,6-7,10-11H2,1-3H3/t13-/m1/s1. The van der Waals surface area contributed by atoms with Gasteiger partial charge in [0.25, 0.3) is 5.91 Å². The quantitative estimate of drug-likeness (QED) is 0.849. The Hall–Kier alpha value is -1.55. The number of rotatable bonds is 4. The van der Waals surface area contributed by atoms with Gasteiger partial charge < -0.3 is 14.4 Å². The van der Waals surface area contributed by atoms with E-state index in [1.165, 1.54) is 0 Å². The van der Waals surface area contributed by atoms with E-state index in [4.69, 9.17) is 9.47 Å². The number of methoxy groups -OCH3 is 1. The molecule has 0 unspecified atom stereocenters. The molecule has 0 saturated carbocycles. The van der Waals surface area contributed by atoms with Crippen molar-refractivity contribution in [2.24, 2.45) is 0 Å². The predicted octanol–water partition coefficient (Wildman–Crippen LogP) is 2.72. The van der Waals surface area contributed by atoms with Crippen LogP contribution in [0, 0.1) is 0 Å². The molecule has 0 aliphatic carbocycles. The Bertz CT molecular complexity index is 459. The molecule has 1 heterocycles. The second-order valence-electron chi connectivity index (χ2n) is 5.41. The summed E-state index contributed by atoms with van der Waals surface area (Å²) in [7, 11) is 1.70. The highest BCUT2D eigenvalue weighted by molar-refractivity contribution is 5.97. The van der Waals surface area contributed by atoms with E-state index in [0.717, 1.165) is 19.4 Å². The van der Waals surface area contributed by atoms with Crippen LogP contribution < -0.4 is 4.74 Å². The summed E-state index contributed by atoms with van der Waals surface area (Å²) in [6.45, 7) is 5.37. The van der Waals surface area contributed by atoms with Crippen molar-refractivity contribution >= 4 is 5.91 Å². The molecule has 0 aromatic heterocycles. The highest BCUT2D eigenvalue weighted by Gasteiger charge is 2.26. The number of amides is 1. The molecule has 0 bridgehead atoms. The molecule has 2 rings (SSSR count). The van der Waals surface area contributed by atoms with Crippen LogP contribution in [0.4, 0.5) is 0 Å². The molecule has 4 heteroatoms. The normalized spacial score (nSPS) is 19.2. The molecule has 1 aromatic carbocycles. The Balaban J connectivity index is 2.16. The zero-order valence-electron chi connectivity index (χ0n) is 12.5. The summed E-state index contributed by atoms with van der Waals surface area (Å²) in [6.07, 6.45) is 2.20. The average molecular weight is 277 g/mol. The van der Waals surface area contributed by atoms with Gasteiger partial charge in [0.1, 0.15) is 5.75 Å². The number of nitrogens with zero attached hydrogens (tertiary/aromatic N) is 1. The van der Waals surface area contributed by atoms with Crippen LogP contribution >= 0.6 is 0 Å². The largest absolute Gasteiger partial charge is 0.490 e. The Kier molecular flexibility index (Phi) is 5.01. The van der Waals surface area contributed by atoms with Gasteiger partial charge in [0.15, 0.2) is 0 Å². The van der Waals surface area contributed by atoms with Crippen molar-refractivity contribution in [1.82, 2.24) is 4.90 Å². The first-order valence-corrected chi connectivity index (χ1v) is 7.19. The van der Waals surface area contributed by atoms with E-state index in [9.17, 15) is 4.79 Å². The smallest absolute Gasteiger partial charge is 0.257 e. The van der Waals surface area contributed by atoms with Crippen molar-refractivity contribution in [3.8, 4) is 5.75 Å². The van der Waals surface area contributed by atoms with Gasteiger partial charge in [0.05, 0.1) is 17.8 Å². The molecule has 1 fully saturated rings. The number of likely N-dealkylation sites (tertiary alicyclic amines) is 1. The number of benzene rings is 1. The zero-order valence-corrected chi connectivity index (χ0v) is 12.5. The summed E-state index contributed by atoms with van der Waals surface area (Å²) < 4.78 is 11.1. The predicted molar refractivity (Wildman–Crippen MR) is 78.1 cm³/mol. The van der Waals surface area contributed by atoms with Crippen LogP contribution in [0.25, 0.3) is 0 Å². The maximum atomic E-state index is 12.7. The lowest BCUT2D eigenvalue weighted by Crippen LogP contribution is -2.43. The Labute approximate surface area is 120 Å². The number of hydrogen-bond donors (Lipinski definition) is 0. The number of ether oxygens (including phenoxy) is 2. The summed E-state index contributed by atoms with van der Waals surface area (Å²) in [5.74, 6) is 0.690. The first kappa shape index (κ1) is 14.9. The van der Waals surface area contributed by atoms with Crippen molar-refractivity contribution in [3.63, 3.8) is 0 Å². The second kappa shape index (κ2) is 6.75. The van der Waals surface area contributed by atoms with Gasteiger partial charge in [-0.1, -0.05) is 12.1 Å². The van der Waals surface area contributed by atoms with Crippen LogP contribution in [0.3, 0.4) is 0 Å². The van der Waals surface area contributed by atoms with E-state index in [0.29, 0.717) is 17.9 Å². The number of carbonyl (C=O) groups excluding carboxylic acids is 1. The first-order chi connectivity index (χ1) is 9.61. The SMILES string of the molecule is CO[C@@H]1CCCN(C(=O)c2ccccc2OC(C)C)C1. The van der Waals surface area contributed by atoms with Crippen LogP contribution in [0.1, 0.15) is 37.0 Å². The summed E-state index contributed by atoms with van der Waals surface area (Å²) in [5, 5.41) is 0. The molecule has 1 aliphatic heterocycles. The fourth-order valence-electron chi connectivity index (χ4n) is 2.49. The molecular formula is C16H23NO3. The van der Waals surface area contributed by atoms with Gasteiger partial charge in [-0.15, -0.1) is 0 Å². The molecule has 1 saturated heterocycles. The second-order valence-corrected chi connectivity index (χ2v) is 5.41. The topological polar surface area (TPSA) is 38.8 Å². The molecule has 0 N–H and O–H groups in total. The van der Waals surface area contributed by atoms with Crippen molar-refractivity contribution in [2.75, 3.05) is 20.2 Å². The van der Waals surface area contributed by atoms with E-state index in [1.54, 1.807) is 7.11 Å². The summed E-state index contributed by atoms with van der Waals surface area (Å²) in [5.41, 5.74) is 0.637. The van der Waals surface area contributed by atoms with E-state index in [1.807, 2.05) is 43.0 Å². The van der Waals surface area contributed by atoms with Gasteiger partial charge in [-0.25, -0.2) is 0 Å². The maximum Gasteiger partial charge on any atom is 0.257 e. The molecular weight excluding hydrogens is 254 g/mol. The molecule has 1 amide bonds. The number of piperidine rings is 1. The highest BCUT2D eigenvalue weighted by atomic mass is 16.5.